The molecule has 0 aliphatic heterocycles. The van der Waals surface area contributed by atoms with Gasteiger partial charge in [-0.15, -0.1) is 0 Å². The minimum atomic E-state index is 0.941. The first-order chi connectivity index (χ1) is 20.0. The van der Waals surface area contributed by atoms with Crippen LogP contribution in [0.3, 0.4) is 0 Å². The van der Waals surface area contributed by atoms with E-state index in [9.17, 15) is 0 Å². The lowest BCUT2D eigenvalue weighted by atomic mass is 9.94. The molecule has 0 saturated heterocycles. The van der Waals surface area contributed by atoms with Crippen molar-refractivity contribution in [1.82, 2.24) is 4.98 Å². The first-order valence-electron chi connectivity index (χ1n) is 14.4. The largest absolute Gasteiger partial charge is 0.311 e. The Hall–Kier alpha value is -4.69. The minimum absolute atomic E-state index is 0.941. The van der Waals surface area contributed by atoms with Crippen molar-refractivity contribution >= 4 is 38.3 Å². The maximum atomic E-state index is 5.13. The topological polar surface area (TPSA) is 16.1 Å². The lowest BCUT2D eigenvalue weighted by Crippen LogP contribution is -2.22. The molecule has 2 nitrogen and oxygen atoms in total. The first-order valence-corrected chi connectivity index (χ1v) is 14.4. The molecule has 4 aromatic carbocycles. The van der Waals surface area contributed by atoms with Gasteiger partial charge in [0, 0.05) is 38.8 Å². The lowest BCUT2D eigenvalue weighted by molar-refractivity contribution is 1.08. The molecule has 204 valence electrons. The molecular weight excluding hydrogens is 496 g/mol. The standard InChI is InChI=1S/C39H38N2/c1-7-14-29(15-8-2)28(6)41(37(16-9-3)27(4)5)32-24-21-31(22-25-32)38-34-19-12-13-20-36(34)40-39-33-18-11-10-17-30(33)23-26-35(38)39/h7,9-26H,6,8H2,1-5H3/b14-7-,16-9-,29-15+. The minimum Gasteiger partial charge on any atom is -0.311 e. The highest BCUT2D eigenvalue weighted by molar-refractivity contribution is 6.16. The predicted octanol–water partition coefficient (Wildman–Crippen LogP) is 11.3. The van der Waals surface area contributed by atoms with Crippen molar-refractivity contribution in [3.63, 3.8) is 0 Å². The van der Waals surface area contributed by atoms with E-state index in [2.05, 4.69) is 161 Å². The summed E-state index contributed by atoms with van der Waals surface area (Å²) in [5, 5.41) is 4.70. The van der Waals surface area contributed by atoms with E-state index in [1.807, 2.05) is 0 Å². The Morgan fingerprint density at radius 1 is 0.780 bits per heavy atom. The van der Waals surface area contributed by atoms with Gasteiger partial charge in [-0.3, -0.25) is 0 Å². The van der Waals surface area contributed by atoms with E-state index in [1.165, 1.54) is 27.5 Å². The van der Waals surface area contributed by atoms with Crippen molar-refractivity contribution in [2.45, 2.75) is 41.0 Å². The van der Waals surface area contributed by atoms with Gasteiger partial charge < -0.3 is 4.90 Å². The quantitative estimate of drug-likeness (QED) is 0.112. The Balaban J connectivity index is 1.72. The molecule has 0 amide bonds. The van der Waals surface area contributed by atoms with Crippen LogP contribution in [0.1, 0.15) is 41.0 Å². The van der Waals surface area contributed by atoms with Crippen LogP contribution in [0, 0.1) is 0 Å². The molecule has 0 spiro atoms. The molecule has 0 aliphatic carbocycles. The van der Waals surface area contributed by atoms with Crippen LogP contribution in [0.2, 0.25) is 0 Å². The second-order valence-corrected chi connectivity index (χ2v) is 10.5. The van der Waals surface area contributed by atoms with Crippen LogP contribution in [0.25, 0.3) is 43.7 Å². The van der Waals surface area contributed by atoms with Gasteiger partial charge in [0.2, 0.25) is 0 Å². The summed E-state index contributed by atoms with van der Waals surface area (Å²) in [4.78, 5) is 7.41. The van der Waals surface area contributed by atoms with Crippen molar-refractivity contribution in [2.75, 3.05) is 4.90 Å². The van der Waals surface area contributed by atoms with Crippen LogP contribution < -0.4 is 4.90 Å². The van der Waals surface area contributed by atoms with Crippen LogP contribution in [0.15, 0.2) is 144 Å². The van der Waals surface area contributed by atoms with Gasteiger partial charge in [0.1, 0.15) is 0 Å². The van der Waals surface area contributed by atoms with Crippen LogP contribution in [-0.2, 0) is 0 Å². The third kappa shape index (κ3) is 5.38. The zero-order valence-corrected chi connectivity index (χ0v) is 24.8. The number of rotatable bonds is 8. The van der Waals surface area contributed by atoms with Crippen LogP contribution in [-0.4, -0.2) is 4.98 Å². The Morgan fingerprint density at radius 3 is 2.15 bits per heavy atom. The van der Waals surface area contributed by atoms with E-state index in [-0.39, 0.29) is 0 Å². The molecule has 1 heterocycles. The highest BCUT2D eigenvalue weighted by Gasteiger charge is 2.19. The number of hydrogen-bond acceptors (Lipinski definition) is 2. The van der Waals surface area contributed by atoms with Gasteiger partial charge in [-0.25, -0.2) is 4.98 Å². The van der Waals surface area contributed by atoms with Gasteiger partial charge in [-0.2, -0.15) is 0 Å². The SMILES string of the molecule is C=C(C(/C=C\C)=C/CC)N(C(/C=C\C)=C(C)C)c1ccc(-c2c3ccccc3nc3c2ccc2ccccc23)cc1. The van der Waals surface area contributed by atoms with Gasteiger partial charge in [0.05, 0.1) is 11.0 Å². The number of aromatic nitrogens is 1. The maximum absolute atomic E-state index is 5.13. The molecule has 0 saturated carbocycles. The Kier molecular flexibility index (Phi) is 8.31. The summed E-state index contributed by atoms with van der Waals surface area (Å²) < 4.78 is 0. The monoisotopic (exact) mass is 534 g/mol. The van der Waals surface area contributed by atoms with Crippen molar-refractivity contribution in [3.05, 3.63) is 144 Å². The highest BCUT2D eigenvalue weighted by atomic mass is 15.2. The third-order valence-electron chi connectivity index (χ3n) is 7.44. The molecule has 5 rings (SSSR count). The number of allylic oxidation sites excluding steroid dienone is 6. The van der Waals surface area contributed by atoms with E-state index in [0.717, 1.165) is 50.9 Å². The Morgan fingerprint density at radius 2 is 1.46 bits per heavy atom. The first kappa shape index (κ1) is 27.9. The second kappa shape index (κ2) is 12.2. The van der Waals surface area contributed by atoms with Crippen LogP contribution >= 0.6 is 0 Å². The molecule has 5 aromatic rings. The third-order valence-corrected chi connectivity index (χ3v) is 7.44. The number of benzene rings is 4. The Bertz CT molecular complexity index is 1860. The number of para-hydroxylation sites is 1. The van der Waals surface area contributed by atoms with Crippen LogP contribution in [0.5, 0.6) is 0 Å². The fraction of sp³-hybridized carbons (Fsp3) is 0.154. The number of fused-ring (bicyclic) bond motifs is 4. The summed E-state index contributed by atoms with van der Waals surface area (Å²) in [6.07, 6.45) is 11.7. The molecule has 0 atom stereocenters. The zero-order chi connectivity index (χ0) is 28.9. The predicted molar refractivity (Wildman–Crippen MR) is 180 cm³/mol. The average molecular weight is 535 g/mol. The molecule has 0 aliphatic rings. The molecule has 0 N–H and O–H groups in total. The molecule has 0 radical (unpaired) electrons. The van der Waals surface area contributed by atoms with Gasteiger partial charge >= 0.3 is 0 Å². The average Bonchev–Trinajstić information content (AvgIpc) is 2.99. The summed E-state index contributed by atoms with van der Waals surface area (Å²) >= 11 is 0. The van der Waals surface area contributed by atoms with Gasteiger partial charge in [0.25, 0.3) is 0 Å². The fourth-order valence-corrected chi connectivity index (χ4v) is 5.59. The van der Waals surface area contributed by atoms with Crippen LogP contribution in [0.4, 0.5) is 5.69 Å². The van der Waals surface area contributed by atoms with E-state index < -0.39 is 0 Å². The highest BCUT2D eigenvalue weighted by Crippen LogP contribution is 2.39. The number of hydrogen-bond donors (Lipinski definition) is 0. The fourth-order valence-electron chi connectivity index (χ4n) is 5.59. The lowest BCUT2D eigenvalue weighted by Gasteiger charge is -2.30. The smallest absolute Gasteiger partial charge is 0.0794 e. The molecule has 1 aromatic heterocycles. The Labute approximate surface area is 244 Å². The van der Waals surface area contributed by atoms with E-state index in [1.54, 1.807) is 0 Å². The second-order valence-electron chi connectivity index (χ2n) is 10.5. The number of pyridine rings is 1. The van der Waals surface area contributed by atoms with Crippen molar-refractivity contribution < 1.29 is 0 Å². The van der Waals surface area contributed by atoms with Crippen molar-refractivity contribution in [1.29, 1.82) is 0 Å². The summed E-state index contributed by atoms with van der Waals surface area (Å²) in [6.45, 7) is 15.2. The molecule has 2 heteroatoms. The van der Waals surface area contributed by atoms with Gasteiger partial charge in [0.15, 0.2) is 0 Å². The summed E-state index contributed by atoms with van der Waals surface area (Å²) in [5.41, 5.74) is 9.94. The molecule has 0 bridgehead atoms. The summed E-state index contributed by atoms with van der Waals surface area (Å²) in [5.74, 6) is 0. The van der Waals surface area contributed by atoms with E-state index in [4.69, 9.17) is 4.98 Å². The van der Waals surface area contributed by atoms with Crippen molar-refractivity contribution in [2.24, 2.45) is 0 Å². The maximum Gasteiger partial charge on any atom is 0.0794 e. The molecular formula is C39H38N2. The number of anilines is 1. The molecule has 41 heavy (non-hydrogen) atoms. The van der Waals surface area contributed by atoms with Gasteiger partial charge in [-0.05, 0) is 74.9 Å². The van der Waals surface area contributed by atoms with E-state index in [0.29, 0.717) is 0 Å². The molecule has 0 unspecified atom stereocenters. The number of nitrogens with zero attached hydrogens (tertiary/aromatic N) is 2. The van der Waals surface area contributed by atoms with Gasteiger partial charge in [-0.1, -0.05) is 110 Å². The normalized spacial score (nSPS) is 12.2. The summed E-state index contributed by atoms with van der Waals surface area (Å²) in [6, 6.07) is 30.3. The molecule has 0 fully saturated rings. The van der Waals surface area contributed by atoms with Crippen molar-refractivity contribution in [3.8, 4) is 11.1 Å². The summed E-state index contributed by atoms with van der Waals surface area (Å²) in [7, 11) is 0. The van der Waals surface area contributed by atoms with E-state index >= 15 is 0 Å². The zero-order valence-electron chi connectivity index (χ0n) is 24.8.